The van der Waals surface area contributed by atoms with Gasteiger partial charge in [-0.3, -0.25) is 19.5 Å². The minimum Gasteiger partial charge on any atom is -0.392 e. The number of hydrogen-bond donors (Lipinski definition) is 3. The van der Waals surface area contributed by atoms with Crippen LogP contribution in [0, 0.1) is 6.92 Å². The molecule has 3 aromatic rings. The maximum Gasteiger partial charge on any atom is 0.271 e. The molecule has 3 saturated heterocycles. The zero-order chi connectivity index (χ0) is 32.1. The molecule has 8 rings (SSSR count). The number of carbonyl (C=O) groups is 1. The number of aromatic amines is 1. The zero-order valence-electron chi connectivity index (χ0n) is 26.9. The molecule has 0 spiro atoms. The number of anilines is 4. The van der Waals surface area contributed by atoms with Crippen molar-refractivity contribution in [3.63, 3.8) is 0 Å². The molecule has 246 valence electrons. The first-order valence-corrected chi connectivity index (χ1v) is 16.9. The summed E-state index contributed by atoms with van der Waals surface area (Å²) in [5, 5.41) is 13.9. The first-order chi connectivity index (χ1) is 23.0. The fourth-order valence-corrected chi connectivity index (χ4v) is 7.93. The van der Waals surface area contributed by atoms with Crippen molar-refractivity contribution in [3.8, 4) is 11.1 Å². The van der Waals surface area contributed by atoms with Crippen LogP contribution in [0.5, 0.6) is 0 Å². The molecule has 0 aromatic carbocycles. The summed E-state index contributed by atoms with van der Waals surface area (Å²) in [7, 11) is 0. The highest BCUT2D eigenvalue weighted by Crippen LogP contribution is 2.40. The minimum atomic E-state index is -0.255. The van der Waals surface area contributed by atoms with Crippen molar-refractivity contribution in [3.05, 3.63) is 69.7 Å². The summed E-state index contributed by atoms with van der Waals surface area (Å²) in [4.78, 5) is 48.0. The van der Waals surface area contributed by atoms with Crippen molar-refractivity contribution in [2.45, 2.75) is 51.3 Å². The van der Waals surface area contributed by atoms with Crippen LogP contribution in [0.4, 0.5) is 22.9 Å². The number of fused-ring (bicyclic) bond motifs is 2. The average molecular weight is 639 g/mol. The predicted molar refractivity (Wildman–Crippen MR) is 180 cm³/mol. The zero-order valence-corrected chi connectivity index (χ0v) is 26.9. The van der Waals surface area contributed by atoms with Crippen LogP contribution in [0.25, 0.3) is 11.1 Å². The number of hydrogen-bond acceptors (Lipinski definition) is 11. The van der Waals surface area contributed by atoms with Gasteiger partial charge in [0.15, 0.2) is 5.78 Å². The summed E-state index contributed by atoms with van der Waals surface area (Å²) >= 11 is 0. The Hall–Kier alpha value is -4.26. The van der Waals surface area contributed by atoms with E-state index in [2.05, 4.69) is 39.9 Å². The van der Waals surface area contributed by atoms with E-state index in [0.717, 1.165) is 112 Å². The van der Waals surface area contributed by atoms with E-state index in [0.29, 0.717) is 29.8 Å². The molecule has 3 fully saturated rings. The Bertz CT molecular complexity index is 1760. The number of piperazine rings is 1. The van der Waals surface area contributed by atoms with Gasteiger partial charge in [-0.15, -0.1) is 0 Å². The normalized spacial score (nSPS) is 22.0. The second-order valence-electron chi connectivity index (χ2n) is 13.3. The number of piperidine rings is 1. The summed E-state index contributed by atoms with van der Waals surface area (Å²) in [5.74, 6) is 0.832. The highest BCUT2D eigenvalue weighted by atomic mass is 16.5. The molecule has 47 heavy (non-hydrogen) atoms. The van der Waals surface area contributed by atoms with Crippen molar-refractivity contribution in [2.24, 2.45) is 0 Å². The lowest BCUT2D eigenvalue weighted by Crippen LogP contribution is -2.56. The summed E-state index contributed by atoms with van der Waals surface area (Å²) in [6.45, 7) is 9.45. The number of pyridine rings is 3. The van der Waals surface area contributed by atoms with Gasteiger partial charge >= 0.3 is 0 Å². The van der Waals surface area contributed by atoms with Crippen LogP contribution < -0.4 is 20.7 Å². The van der Waals surface area contributed by atoms with Gasteiger partial charge in [-0.05, 0) is 44.4 Å². The third-order valence-electron chi connectivity index (χ3n) is 10.7. The van der Waals surface area contributed by atoms with Crippen molar-refractivity contribution in [2.75, 3.05) is 74.1 Å². The van der Waals surface area contributed by atoms with Crippen molar-refractivity contribution in [1.29, 1.82) is 0 Å². The van der Waals surface area contributed by atoms with Gasteiger partial charge in [0, 0.05) is 92.1 Å². The number of aromatic nitrogens is 3. The van der Waals surface area contributed by atoms with Crippen molar-refractivity contribution in [1.82, 2.24) is 24.8 Å². The lowest BCUT2D eigenvalue weighted by molar-refractivity contribution is -0.119. The summed E-state index contributed by atoms with van der Waals surface area (Å²) < 4.78 is 5.35. The van der Waals surface area contributed by atoms with Crippen LogP contribution in [-0.2, 0) is 16.1 Å². The first-order valence-electron chi connectivity index (χ1n) is 16.9. The second-order valence-corrected chi connectivity index (χ2v) is 13.3. The molecule has 1 atom stereocenters. The smallest absolute Gasteiger partial charge is 0.271 e. The van der Waals surface area contributed by atoms with Gasteiger partial charge in [0.2, 0.25) is 0 Å². The van der Waals surface area contributed by atoms with Crippen LogP contribution >= 0.6 is 0 Å². The van der Waals surface area contributed by atoms with Gasteiger partial charge in [0.05, 0.1) is 55.7 Å². The number of ketones is 1. The van der Waals surface area contributed by atoms with Gasteiger partial charge < -0.3 is 34.8 Å². The molecule has 0 saturated carbocycles. The SMILES string of the molecule is Cc1[nH]c(=O)c(Nc2ccc(N3CCN(C4COC4)CC3)cn2)cc1-c1cncc(N2CCC3=C(C2)C(=O)C2CCCCN32)c1CO. The number of carbonyl (C=O) groups excluding carboxylic acids is 1. The van der Waals surface area contributed by atoms with Gasteiger partial charge in [0.25, 0.3) is 5.56 Å². The number of aliphatic hydroxyl groups excluding tert-OH is 1. The molecule has 3 N–H and O–H groups in total. The molecular weight excluding hydrogens is 596 g/mol. The number of Topliss-reactive ketones (excluding diaryl/α,β-unsaturated/α-hetero) is 1. The highest BCUT2D eigenvalue weighted by molar-refractivity contribution is 6.04. The first kappa shape index (κ1) is 30.1. The molecule has 0 bridgehead atoms. The molecule has 3 aromatic heterocycles. The Balaban J connectivity index is 1.01. The van der Waals surface area contributed by atoms with Gasteiger partial charge in [-0.25, -0.2) is 4.98 Å². The van der Waals surface area contributed by atoms with E-state index in [9.17, 15) is 14.7 Å². The predicted octanol–water partition coefficient (Wildman–Crippen LogP) is 2.80. The highest BCUT2D eigenvalue weighted by Gasteiger charge is 2.42. The van der Waals surface area contributed by atoms with E-state index in [1.54, 1.807) is 12.4 Å². The van der Waals surface area contributed by atoms with Crippen LogP contribution in [0.2, 0.25) is 0 Å². The van der Waals surface area contributed by atoms with Gasteiger partial charge in [-0.1, -0.05) is 0 Å². The fraction of sp³-hybridized carbons (Fsp3) is 0.486. The van der Waals surface area contributed by atoms with Crippen LogP contribution in [0.15, 0.2) is 52.9 Å². The number of nitrogens with zero attached hydrogens (tertiary/aromatic N) is 6. The van der Waals surface area contributed by atoms with E-state index < -0.39 is 0 Å². The van der Waals surface area contributed by atoms with E-state index in [4.69, 9.17) is 4.74 Å². The molecular formula is C35H42N8O4. The molecule has 5 aliphatic heterocycles. The summed E-state index contributed by atoms with van der Waals surface area (Å²) in [5.41, 5.74) is 7.01. The average Bonchev–Trinajstić information content (AvgIpc) is 3.36. The number of ether oxygens (including phenoxy) is 1. The lowest BCUT2D eigenvalue weighted by Gasteiger charge is -2.43. The van der Waals surface area contributed by atoms with E-state index in [1.807, 2.05) is 31.3 Å². The number of aliphatic hydroxyl groups is 1. The van der Waals surface area contributed by atoms with E-state index >= 15 is 0 Å². The van der Waals surface area contributed by atoms with E-state index in [1.165, 1.54) is 5.70 Å². The largest absolute Gasteiger partial charge is 0.392 e. The van der Waals surface area contributed by atoms with Crippen molar-refractivity contribution < 1.29 is 14.6 Å². The molecule has 0 aliphatic carbocycles. The quantitative estimate of drug-likeness (QED) is 0.353. The Morgan fingerprint density at radius 2 is 1.85 bits per heavy atom. The molecule has 12 nitrogen and oxygen atoms in total. The lowest BCUT2D eigenvalue weighted by atomic mass is 9.97. The van der Waals surface area contributed by atoms with Crippen LogP contribution in [0.1, 0.15) is 36.9 Å². The van der Waals surface area contributed by atoms with Gasteiger partial charge in [-0.2, -0.15) is 0 Å². The summed E-state index contributed by atoms with van der Waals surface area (Å²) in [6.07, 6.45) is 9.34. The Morgan fingerprint density at radius 1 is 1.00 bits per heavy atom. The number of H-pyrrole nitrogens is 1. The topological polar surface area (TPSA) is 130 Å². The number of aryl methyl sites for hydroxylation is 1. The third-order valence-corrected chi connectivity index (χ3v) is 10.7. The second kappa shape index (κ2) is 12.4. The third kappa shape index (κ3) is 5.47. The number of rotatable bonds is 7. The van der Waals surface area contributed by atoms with Gasteiger partial charge in [0.1, 0.15) is 11.5 Å². The van der Waals surface area contributed by atoms with Crippen LogP contribution in [-0.4, -0.2) is 107 Å². The Kier molecular flexibility index (Phi) is 7.94. The molecule has 0 amide bonds. The minimum absolute atomic E-state index is 0.000807. The Morgan fingerprint density at radius 3 is 2.60 bits per heavy atom. The Labute approximate surface area is 274 Å². The fourth-order valence-electron chi connectivity index (χ4n) is 7.93. The standard InChI is InChI=1S/C35H42N8O4/c1-22-25(14-29(35(46)38-22)39-33-6-5-23(15-37-33)40-10-12-41(13-11-40)24-20-47-21-24)26-16-36-17-32(28(26)19-44)42-9-7-30-27(18-42)34(45)31-4-2-3-8-43(30)31/h5-6,14-17,24,31,44H,2-4,7-13,18-21H2,1H3,(H,37,39)(H,38,46). The molecule has 8 heterocycles. The van der Waals surface area contributed by atoms with E-state index in [-0.39, 0.29) is 24.0 Å². The monoisotopic (exact) mass is 638 g/mol. The molecule has 0 radical (unpaired) electrons. The number of nitrogens with one attached hydrogen (secondary N) is 2. The summed E-state index contributed by atoms with van der Waals surface area (Å²) in [6, 6.07) is 6.31. The molecule has 5 aliphatic rings. The van der Waals surface area contributed by atoms with Crippen molar-refractivity contribution >= 4 is 28.7 Å². The maximum atomic E-state index is 13.4. The molecule has 12 heteroatoms. The molecule has 1 unspecified atom stereocenters. The van der Waals surface area contributed by atoms with Crippen LogP contribution in [0.3, 0.4) is 0 Å². The maximum absolute atomic E-state index is 13.4.